The fraction of sp³-hybridized carbons (Fsp3) is 0.500. The van der Waals surface area contributed by atoms with E-state index in [9.17, 15) is 13.2 Å². The lowest BCUT2D eigenvalue weighted by molar-refractivity contribution is 0.0576. The second-order valence-electron chi connectivity index (χ2n) is 9.58. The predicted molar refractivity (Wildman–Crippen MR) is 123 cm³/mol. The average molecular weight is 458 g/mol. The molecule has 0 spiro atoms. The smallest absolute Gasteiger partial charge is 0.416 e. The van der Waals surface area contributed by atoms with Gasteiger partial charge in [0.1, 0.15) is 11.4 Å². The van der Waals surface area contributed by atoms with Crippen molar-refractivity contribution in [2.75, 3.05) is 11.4 Å². The zero-order chi connectivity index (χ0) is 23.1. The zero-order valence-electron chi connectivity index (χ0n) is 19.1. The number of carbonyl (C=O) groups is 1. The van der Waals surface area contributed by atoms with E-state index in [4.69, 9.17) is 4.74 Å². The Balaban J connectivity index is 1.71. The Morgan fingerprint density at radius 1 is 1.12 bits per heavy atom. The summed E-state index contributed by atoms with van der Waals surface area (Å²) in [5, 5.41) is 0. The molecule has 7 nitrogen and oxygen atoms in total. The molecule has 0 radical (unpaired) electrons. The average Bonchev–Trinajstić information content (AvgIpc) is 3.41. The lowest BCUT2D eigenvalue weighted by atomic mass is 10.1. The minimum Gasteiger partial charge on any atom is -0.443 e. The van der Waals surface area contributed by atoms with Crippen molar-refractivity contribution in [3.63, 3.8) is 0 Å². The van der Waals surface area contributed by atoms with Gasteiger partial charge in [0, 0.05) is 24.3 Å². The molecule has 0 N–H and O–H groups in total. The number of hydrogen-bond donors (Lipinski definition) is 0. The minimum absolute atomic E-state index is 0.0297. The summed E-state index contributed by atoms with van der Waals surface area (Å²) >= 11 is 0. The van der Waals surface area contributed by atoms with E-state index < -0.39 is 21.7 Å². The Morgan fingerprint density at radius 3 is 2.44 bits per heavy atom. The predicted octanol–water partition coefficient (Wildman–Crippen LogP) is 4.82. The van der Waals surface area contributed by atoms with Gasteiger partial charge in [0.2, 0.25) is 10.0 Å². The molecule has 2 heterocycles. The number of aryl methyl sites for hydroxylation is 1. The maximum absolute atomic E-state index is 13.5. The van der Waals surface area contributed by atoms with Crippen LogP contribution >= 0.6 is 0 Å². The van der Waals surface area contributed by atoms with Gasteiger partial charge in [-0.3, -0.25) is 4.90 Å². The third-order valence-corrected chi connectivity index (χ3v) is 7.66. The number of anilines is 1. The van der Waals surface area contributed by atoms with Gasteiger partial charge in [0.25, 0.3) is 0 Å². The molecule has 172 valence electrons. The quantitative estimate of drug-likeness (QED) is 0.643. The van der Waals surface area contributed by atoms with Crippen LogP contribution in [0.4, 0.5) is 10.6 Å². The lowest BCUT2D eigenvalue weighted by Crippen LogP contribution is -2.40. The maximum atomic E-state index is 13.5. The number of nitrogens with zero attached hydrogens (tertiary/aromatic N) is 3. The van der Waals surface area contributed by atoms with Gasteiger partial charge in [0.05, 0.1) is 10.9 Å². The highest BCUT2D eigenvalue weighted by atomic mass is 32.2. The summed E-state index contributed by atoms with van der Waals surface area (Å²) in [6.07, 6.45) is 4.39. The number of carbonyl (C=O) groups excluding carboxylic acids is 1. The fourth-order valence-electron chi connectivity index (χ4n) is 4.11. The van der Waals surface area contributed by atoms with Crippen molar-refractivity contribution in [1.29, 1.82) is 0 Å². The zero-order valence-corrected chi connectivity index (χ0v) is 19.9. The van der Waals surface area contributed by atoms with Crippen molar-refractivity contribution in [3.05, 3.63) is 53.7 Å². The van der Waals surface area contributed by atoms with Crippen molar-refractivity contribution in [3.8, 4) is 0 Å². The van der Waals surface area contributed by atoms with E-state index in [1.165, 1.54) is 0 Å². The van der Waals surface area contributed by atoms with Gasteiger partial charge in [-0.1, -0.05) is 23.8 Å². The molecule has 4 rings (SSSR count). The first kappa shape index (κ1) is 22.7. The van der Waals surface area contributed by atoms with Crippen molar-refractivity contribution in [2.24, 2.45) is 0 Å². The molecule has 1 aliphatic carbocycles. The van der Waals surface area contributed by atoms with E-state index in [-0.39, 0.29) is 17.0 Å². The van der Waals surface area contributed by atoms with E-state index in [1.54, 1.807) is 33.6 Å². The topological polar surface area (TPSA) is 79.8 Å². The summed E-state index contributed by atoms with van der Waals surface area (Å²) in [6, 6.07) is 10.3. The molecule has 0 unspecified atom stereocenters. The van der Waals surface area contributed by atoms with Crippen molar-refractivity contribution < 1.29 is 17.9 Å². The SMILES string of the molecule is Cc1ccc(S(=O)(=O)N2CCC[C@@H]2c2cccnc2N(C(=O)OC(C)(C)C)C2CC2)cc1. The van der Waals surface area contributed by atoms with Crippen molar-refractivity contribution in [2.45, 2.75) is 76.0 Å². The van der Waals surface area contributed by atoms with Gasteiger partial charge in [-0.2, -0.15) is 4.31 Å². The maximum Gasteiger partial charge on any atom is 0.416 e. The number of sulfonamides is 1. The van der Waals surface area contributed by atoms with Crippen LogP contribution in [-0.2, 0) is 14.8 Å². The Morgan fingerprint density at radius 2 is 1.81 bits per heavy atom. The van der Waals surface area contributed by atoms with Gasteiger partial charge >= 0.3 is 6.09 Å². The van der Waals surface area contributed by atoms with Gasteiger partial charge in [0.15, 0.2) is 0 Å². The largest absolute Gasteiger partial charge is 0.443 e. The number of ether oxygens (including phenoxy) is 1. The first-order valence-electron chi connectivity index (χ1n) is 11.1. The standard InChI is InChI=1S/C24H31N3O4S/c1-17-9-13-19(14-10-17)32(29,30)26-16-6-8-21(26)20-7-5-15-25-22(20)27(18-11-12-18)23(28)31-24(2,3)4/h5,7,9-10,13-15,18,21H,6,8,11-12,16H2,1-4H3/t21-/m1/s1. The summed E-state index contributed by atoms with van der Waals surface area (Å²) in [4.78, 5) is 19.5. The molecule has 1 saturated carbocycles. The molecule has 1 aliphatic heterocycles. The first-order chi connectivity index (χ1) is 15.1. The van der Waals surface area contributed by atoms with E-state index in [0.717, 1.165) is 30.4 Å². The summed E-state index contributed by atoms with van der Waals surface area (Å²) in [7, 11) is -3.68. The number of amides is 1. The molecule has 8 heteroatoms. The Hall–Kier alpha value is -2.45. The highest BCUT2D eigenvalue weighted by Gasteiger charge is 2.42. The molecule has 1 aromatic carbocycles. The molecule has 32 heavy (non-hydrogen) atoms. The van der Waals surface area contributed by atoms with Crippen molar-refractivity contribution >= 4 is 21.9 Å². The number of aromatic nitrogens is 1. The molecule has 1 aromatic heterocycles. The van der Waals surface area contributed by atoms with E-state index in [1.807, 2.05) is 45.9 Å². The summed E-state index contributed by atoms with van der Waals surface area (Å²) in [5.41, 5.74) is 1.13. The first-order valence-corrected chi connectivity index (χ1v) is 12.6. The summed E-state index contributed by atoms with van der Waals surface area (Å²) < 4.78 is 34.2. The summed E-state index contributed by atoms with van der Waals surface area (Å²) in [5.74, 6) is 0.500. The highest BCUT2D eigenvalue weighted by Crippen LogP contribution is 2.42. The van der Waals surface area contributed by atoms with E-state index in [0.29, 0.717) is 18.8 Å². The Kier molecular flexibility index (Phi) is 6.02. The second kappa shape index (κ2) is 8.48. The fourth-order valence-corrected chi connectivity index (χ4v) is 5.78. The van der Waals surface area contributed by atoms with Crippen LogP contribution in [0, 0.1) is 6.92 Å². The molecule has 2 aromatic rings. The van der Waals surface area contributed by atoms with Gasteiger partial charge in [-0.15, -0.1) is 0 Å². The van der Waals surface area contributed by atoms with Crippen LogP contribution < -0.4 is 4.90 Å². The normalized spacial score (nSPS) is 19.7. The molecule has 0 bridgehead atoms. The molecular formula is C24H31N3O4S. The minimum atomic E-state index is -3.68. The van der Waals surface area contributed by atoms with Crippen LogP contribution in [0.15, 0.2) is 47.5 Å². The monoisotopic (exact) mass is 457 g/mol. The highest BCUT2D eigenvalue weighted by molar-refractivity contribution is 7.89. The van der Waals surface area contributed by atoms with E-state index in [2.05, 4.69) is 4.98 Å². The summed E-state index contributed by atoms with van der Waals surface area (Å²) in [6.45, 7) is 7.87. The van der Waals surface area contributed by atoms with Crippen LogP contribution in [0.2, 0.25) is 0 Å². The molecular weight excluding hydrogens is 426 g/mol. The van der Waals surface area contributed by atoms with Crippen LogP contribution in [-0.4, -0.2) is 42.0 Å². The third kappa shape index (κ3) is 4.66. The van der Waals surface area contributed by atoms with E-state index >= 15 is 0 Å². The Bertz CT molecular complexity index is 1090. The lowest BCUT2D eigenvalue weighted by Gasteiger charge is -2.31. The van der Waals surface area contributed by atoms with Crippen molar-refractivity contribution in [1.82, 2.24) is 9.29 Å². The molecule has 1 saturated heterocycles. The van der Waals surface area contributed by atoms with Crippen LogP contribution in [0.1, 0.15) is 63.6 Å². The van der Waals surface area contributed by atoms with Gasteiger partial charge < -0.3 is 4.74 Å². The third-order valence-electron chi connectivity index (χ3n) is 5.74. The number of pyridine rings is 1. The number of rotatable bonds is 5. The second-order valence-corrected chi connectivity index (χ2v) is 11.5. The van der Waals surface area contributed by atoms with Gasteiger partial charge in [-0.25, -0.2) is 18.2 Å². The molecule has 1 atom stereocenters. The van der Waals surface area contributed by atoms with Crippen LogP contribution in [0.3, 0.4) is 0 Å². The molecule has 2 aliphatic rings. The molecule has 2 fully saturated rings. The van der Waals surface area contributed by atoms with Gasteiger partial charge in [-0.05, 0) is 71.6 Å². The molecule has 1 amide bonds. The van der Waals surface area contributed by atoms with Crippen LogP contribution in [0.5, 0.6) is 0 Å². The Labute approximate surface area is 190 Å². The van der Waals surface area contributed by atoms with Crippen LogP contribution in [0.25, 0.3) is 0 Å². The number of benzene rings is 1. The number of hydrogen-bond acceptors (Lipinski definition) is 5.